The van der Waals surface area contributed by atoms with Gasteiger partial charge >= 0.3 is 12.1 Å². The first-order valence-electron chi connectivity index (χ1n) is 10.0. The number of benzene rings is 3. The van der Waals surface area contributed by atoms with Crippen LogP contribution in [-0.4, -0.2) is 26.9 Å². The lowest BCUT2D eigenvalue weighted by molar-refractivity contribution is -0.137. The van der Waals surface area contributed by atoms with Gasteiger partial charge in [-0.15, -0.1) is 4.83 Å². The van der Waals surface area contributed by atoms with Crippen LogP contribution in [0.3, 0.4) is 0 Å². The van der Waals surface area contributed by atoms with Gasteiger partial charge in [0.25, 0.3) is 15.9 Å². The van der Waals surface area contributed by atoms with Crippen molar-refractivity contribution >= 4 is 33.3 Å². The lowest BCUT2D eigenvalue weighted by atomic mass is 10.1. The number of anilines is 2. The molecule has 12 heteroatoms. The van der Waals surface area contributed by atoms with Gasteiger partial charge in [0.05, 0.1) is 21.7 Å². The molecule has 0 aliphatic carbocycles. The molecule has 8 nitrogen and oxygen atoms in total. The number of amides is 1. The second-order valence-corrected chi connectivity index (χ2v) is 8.97. The highest BCUT2D eigenvalue weighted by Crippen LogP contribution is 2.32. The Hall–Kier alpha value is -3.90. The van der Waals surface area contributed by atoms with Crippen LogP contribution >= 0.6 is 0 Å². The number of hydrogen-bond acceptors (Lipinski definition) is 6. The molecule has 3 N–H and O–H groups in total. The van der Waals surface area contributed by atoms with Crippen LogP contribution < -0.4 is 15.6 Å². The molecule has 0 saturated carbocycles. The molecule has 0 saturated heterocycles. The summed E-state index contributed by atoms with van der Waals surface area (Å²) in [6.07, 6.45) is -4.54. The first-order valence-corrected chi connectivity index (χ1v) is 11.5. The minimum Gasteiger partial charge on any atom is -0.452 e. The molecule has 0 bridgehead atoms. The monoisotopic (exact) mass is 507 g/mol. The zero-order chi connectivity index (χ0) is 25.6. The summed E-state index contributed by atoms with van der Waals surface area (Å²) < 4.78 is 68.2. The predicted molar refractivity (Wildman–Crippen MR) is 121 cm³/mol. The minimum atomic E-state index is -4.54. The van der Waals surface area contributed by atoms with Crippen LogP contribution in [0.2, 0.25) is 0 Å². The summed E-state index contributed by atoms with van der Waals surface area (Å²) in [6.45, 7) is 0.973. The summed E-state index contributed by atoms with van der Waals surface area (Å²) in [7, 11) is -4.03. The van der Waals surface area contributed by atoms with Crippen molar-refractivity contribution in [1.29, 1.82) is 0 Å². The molecular formula is C23H20F3N3O5S. The Morgan fingerprint density at radius 1 is 0.943 bits per heavy atom. The van der Waals surface area contributed by atoms with E-state index in [9.17, 15) is 31.2 Å². The number of carbonyl (C=O) groups excluding carboxylic acids is 2. The van der Waals surface area contributed by atoms with E-state index in [0.29, 0.717) is 0 Å². The largest absolute Gasteiger partial charge is 0.452 e. The van der Waals surface area contributed by atoms with Gasteiger partial charge < -0.3 is 10.1 Å². The third-order valence-electron chi connectivity index (χ3n) is 4.61. The van der Waals surface area contributed by atoms with E-state index in [4.69, 9.17) is 4.74 Å². The van der Waals surface area contributed by atoms with E-state index >= 15 is 0 Å². The molecule has 3 rings (SSSR count). The van der Waals surface area contributed by atoms with Crippen LogP contribution in [-0.2, 0) is 25.7 Å². The summed E-state index contributed by atoms with van der Waals surface area (Å²) in [4.78, 5) is 26.3. The molecule has 0 unspecified atom stereocenters. The summed E-state index contributed by atoms with van der Waals surface area (Å²) in [5.41, 5.74) is 2.12. The van der Waals surface area contributed by atoms with Crippen molar-refractivity contribution in [3.8, 4) is 0 Å². The summed E-state index contributed by atoms with van der Waals surface area (Å²) in [5, 5.41) is 2.73. The van der Waals surface area contributed by atoms with Crippen molar-refractivity contribution in [2.75, 3.05) is 11.9 Å². The zero-order valence-electron chi connectivity index (χ0n) is 18.2. The fourth-order valence-electron chi connectivity index (χ4n) is 2.84. The fraction of sp³-hybridized carbons (Fsp3) is 0.130. The molecule has 0 aliphatic rings. The minimum absolute atomic E-state index is 0.0436. The third kappa shape index (κ3) is 7.04. The smallest absolute Gasteiger partial charge is 0.416 e. The number of ether oxygens (including phenoxy) is 1. The molecule has 0 spiro atoms. The lowest BCUT2D eigenvalue weighted by Gasteiger charge is -2.14. The fourth-order valence-corrected chi connectivity index (χ4v) is 3.70. The molecule has 1 amide bonds. The molecule has 184 valence electrons. The van der Waals surface area contributed by atoms with E-state index in [1.807, 2.05) is 10.3 Å². The molecular weight excluding hydrogens is 487 g/mol. The van der Waals surface area contributed by atoms with Gasteiger partial charge in [0.1, 0.15) is 0 Å². The average molecular weight is 507 g/mol. The van der Waals surface area contributed by atoms with Gasteiger partial charge in [-0.3, -0.25) is 10.2 Å². The maximum absolute atomic E-state index is 13.0. The van der Waals surface area contributed by atoms with Gasteiger partial charge in [-0.1, -0.05) is 35.9 Å². The summed E-state index contributed by atoms with van der Waals surface area (Å²) in [5.74, 6) is -1.89. The highest BCUT2D eigenvalue weighted by Gasteiger charge is 2.30. The quantitative estimate of drug-likeness (QED) is 0.315. The summed E-state index contributed by atoms with van der Waals surface area (Å²) in [6, 6.07) is 16.2. The predicted octanol–water partition coefficient (Wildman–Crippen LogP) is 3.92. The van der Waals surface area contributed by atoms with Crippen molar-refractivity contribution in [3.05, 3.63) is 89.5 Å². The molecule has 0 atom stereocenters. The molecule has 0 heterocycles. The standard InChI is InChI=1S/C23H20F3N3O5S/c1-15-9-11-18(12-10-15)35(32,33)29-28-21(30)14-34-22(31)19-7-2-3-8-20(19)27-17-6-4-5-16(13-17)23(24,25)26/h2-13,27,29H,14H2,1H3,(H,28,30). The number of carbonyl (C=O) groups is 2. The Kier molecular flexibility index (Phi) is 7.77. The van der Waals surface area contributed by atoms with Crippen molar-refractivity contribution in [3.63, 3.8) is 0 Å². The number of rotatable bonds is 8. The number of hydrazine groups is 1. The van der Waals surface area contributed by atoms with Crippen LogP contribution in [0.4, 0.5) is 24.5 Å². The second-order valence-electron chi connectivity index (χ2n) is 7.29. The molecule has 35 heavy (non-hydrogen) atoms. The topological polar surface area (TPSA) is 114 Å². The van der Waals surface area contributed by atoms with Crippen LogP contribution in [0.25, 0.3) is 0 Å². The molecule has 3 aromatic rings. The van der Waals surface area contributed by atoms with Gasteiger partial charge in [0, 0.05) is 5.69 Å². The molecule has 0 aromatic heterocycles. The molecule has 3 aromatic carbocycles. The van der Waals surface area contributed by atoms with Crippen molar-refractivity contribution < 1.29 is 35.9 Å². The highest BCUT2D eigenvalue weighted by atomic mass is 32.2. The maximum atomic E-state index is 13.0. The Bertz CT molecular complexity index is 1330. The van der Waals surface area contributed by atoms with Crippen LogP contribution in [0.1, 0.15) is 21.5 Å². The molecule has 0 radical (unpaired) electrons. The number of alkyl halides is 3. The first-order chi connectivity index (χ1) is 16.5. The summed E-state index contributed by atoms with van der Waals surface area (Å²) >= 11 is 0. The van der Waals surface area contributed by atoms with Crippen LogP contribution in [0.15, 0.2) is 77.7 Å². The number of hydrogen-bond donors (Lipinski definition) is 3. The number of esters is 1. The van der Waals surface area contributed by atoms with E-state index in [-0.39, 0.29) is 21.8 Å². The number of sulfonamides is 1. The van der Waals surface area contributed by atoms with Gasteiger partial charge in [-0.25, -0.2) is 13.2 Å². The number of para-hydroxylation sites is 1. The number of halogens is 3. The Balaban J connectivity index is 1.61. The number of aryl methyl sites for hydroxylation is 1. The Morgan fingerprint density at radius 3 is 2.31 bits per heavy atom. The Labute approximate surface area is 199 Å². The van der Waals surface area contributed by atoms with Gasteiger partial charge in [0.2, 0.25) is 0 Å². The van der Waals surface area contributed by atoms with Gasteiger partial charge in [-0.2, -0.15) is 13.2 Å². The van der Waals surface area contributed by atoms with Gasteiger partial charge in [0.15, 0.2) is 6.61 Å². The normalized spacial score (nSPS) is 11.5. The van der Waals surface area contributed by atoms with Crippen LogP contribution in [0, 0.1) is 6.92 Å². The molecule has 0 aliphatic heterocycles. The van der Waals surface area contributed by atoms with Crippen LogP contribution in [0.5, 0.6) is 0 Å². The first kappa shape index (κ1) is 25.7. The molecule has 0 fully saturated rings. The Morgan fingerprint density at radius 2 is 1.63 bits per heavy atom. The second kappa shape index (κ2) is 10.6. The van der Waals surface area contributed by atoms with E-state index < -0.39 is 40.2 Å². The third-order valence-corrected chi connectivity index (χ3v) is 5.87. The maximum Gasteiger partial charge on any atom is 0.416 e. The highest BCUT2D eigenvalue weighted by molar-refractivity contribution is 7.89. The van der Waals surface area contributed by atoms with E-state index in [1.54, 1.807) is 25.1 Å². The SMILES string of the molecule is Cc1ccc(S(=O)(=O)NNC(=O)COC(=O)c2ccccc2Nc2cccc(C(F)(F)F)c2)cc1. The van der Waals surface area contributed by atoms with E-state index in [1.165, 1.54) is 42.5 Å². The average Bonchev–Trinajstić information content (AvgIpc) is 2.81. The van der Waals surface area contributed by atoms with Gasteiger partial charge in [-0.05, 0) is 49.4 Å². The zero-order valence-corrected chi connectivity index (χ0v) is 19.0. The van der Waals surface area contributed by atoms with Crippen molar-refractivity contribution in [1.82, 2.24) is 10.3 Å². The lowest BCUT2D eigenvalue weighted by Crippen LogP contribution is -2.43. The van der Waals surface area contributed by atoms with Crippen molar-refractivity contribution in [2.24, 2.45) is 0 Å². The van der Waals surface area contributed by atoms with E-state index in [0.717, 1.165) is 17.7 Å². The van der Waals surface area contributed by atoms with E-state index in [2.05, 4.69) is 5.32 Å². The van der Waals surface area contributed by atoms with Crippen molar-refractivity contribution in [2.45, 2.75) is 18.0 Å². The number of nitrogens with one attached hydrogen (secondary N) is 3.